The second-order valence-electron chi connectivity index (χ2n) is 3.76. The number of carboxylic acids is 1. The summed E-state index contributed by atoms with van der Waals surface area (Å²) in [4.78, 5) is 11.0. The molecule has 0 aromatic carbocycles. The molecule has 0 aliphatic rings. The van der Waals surface area contributed by atoms with Crippen LogP contribution in [0.4, 0.5) is 0 Å². The van der Waals surface area contributed by atoms with E-state index in [1.807, 2.05) is 6.92 Å². The smallest absolute Gasteiger partial charge is 0.320 e. The van der Waals surface area contributed by atoms with Crippen molar-refractivity contribution >= 4 is 40.5 Å². The number of hydrogen-bond acceptors (Lipinski definition) is 3. The number of rotatable bonds is 7. The predicted molar refractivity (Wildman–Crippen MR) is 72.1 cm³/mol. The molecule has 1 aromatic rings. The van der Waals surface area contributed by atoms with Crippen LogP contribution in [-0.4, -0.2) is 17.1 Å². The molecule has 0 saturated heterocycles. The van der Waals surface area contributed by atoms with Gasteiger partial charge in [0, 0.05) is 6.54 Å². The van der Waals surface area contributed by atoms with E-state index < -0.39 is 12.0 Å². The van der Waals surface area contributed by atoms with Gasteiger partial charge in [-0.15, -0.1) is 11.3 Å². The Hall–Kier alpha value is -0.290. The van der Waals surface area contributed by atoms with Crippen LogP contribution in [0.1, 0.15) is 31.7 Å². The predicted octanol–water partition coefficient (Wildman–Crippen LogP) is 3.79. The van der Waals surface area contributed by atoms with Crippen molar-refractivity contribution in [3.63, 3.8) is 0 Å². The van der Waals surface area contributed by atoms with Crippen molar-refractivity contribution in [1.29, 1.82) is 0 Å². The molecule has 17 heavy (non-hydrogen) atoms. The lowest BCUT2D eigenvalue weighted by atomic mass is 10.1. The number of halogens is 2. The van der Waals surface area contributed by atoms with Gasteiger partial charge in [-0.1, -0.05) is 43.0 Å². The fourth-order valence-corrected chi connectivity index (χ4v) is 2.94. The fourth-order valence-electron chi connectivity index (χ4n) is 1.45. The lowest BCUT2D eigenvalue weighted by Crippen LogP contribution is -2.36. The third kappa shape index (κ3) is 4.84. The summed E-state index contributed by atoms with van der Waals surface area (Å²) in [5.41, 5.74) is 0.851. The molecule has 96 valence electrons. The minimum absolute atomic E-state index is 0.433. The molecule has 1 rings (SSSR count). The largest absolute Gasteiger partial charge is 0.480 e. The van der Waals surface area contributed by atoms with Gasteiger partial charge in [-0.25, -0.2) is 0 Å². The zero-order valence-corrected chi connectivity index (χ0v) is 11.8. The number of thiophene rings is 1. The first-order chi connectivity index (χ1) is 8.04. The highest BCUT2D eigenvalue weighted by molar-refractivity contribution is 7.20. The lowest BCUT2D eigenvalue weighted by Gasteiger charge is -2.13. The van der Waals surface area contributed by atoms with Crippen LogP contribution in [0.2, 0.25) is 8.67 Å². The number of carboxylic acid groups (broad SMARTS) is 1. The van der Waals surface area contributed by atoms with Crippen molar-refractivity contribution < 1.29 is 9.90 Å². The van der Waals surface area contributed by atoms with Gasteiger partial charge >= 0.3 is 5.97 Å². The van der Waals surface area contributed by atoms with Crippen LogP contribution in [0.3, 0.4) is 0 Å². The normalized spacial score (nSPS) is 12.6. The summed E-state index contributed by atoms with van der Waals surface area (Å²) < 4.78 is 1.23. The molecule has 3 nitrogen and oxygen atoms in total. The molecule has 0 aliphatic carbocycles. The van der Waals surface area contributed by atoms with Crippen LogP contribution < -0.4 is 5.32 Å². The first-order valence-electron chi connectivity index (χ1n) is 5.44. The minimum atomic E-state index is -0.823. The molecule has 2 N–H and O–H groups in total. The van der Waals surface area contributed by atoms with Crippen LogP contribution in [0.15, 0.2) is 6.07 Å². The molecule has 1 unspecified atom stereocenters. The van der Waals surface area contributed by atoms with Gasteiger partial charge < -0.3 is 10.4 Å². The van der Waals surface area contributed by atoms with Crippen LogP contribution in [0.25, 0.3) is 0 Å². The van der Waals surface area contributed by atoms with E-state index in [2.05, 4.69) is 5.32 Å². The summed E-state index contributed by atoms with van der Waals surface area (Å²) in [5.74, 6) is -0.823. The van der Waals surface area contributed by atoms with E-state index in [1.54, 1.807) is 6.07 Å². The van der Waals surface area contributed by atoms with E-state index in [-0.39, 0.29) is 0 Å². The van der Waals surface area contributed by atoms with E-state index in [0.29, 0.717) is 21.6 Å². The topological polar surface area (TPSA) is 49.3 Å². The Morgan fingerprint density at radius 3 is 2.76 bits per heavy atom. The Morgan fingerprint density at radius 1 is 1.59 bits per heavy atom. The van der Waals surface area contributed by atoms with Crippen LogP contribution in [-0.2, 0) is 11.3 Å². The van der Waals surface area contributed by atoms with Gasteiger partial charge in [-0.05, 0) is 18.1 Å². The first kappa shape index (κ1) is 14.8. The molecule has 0 aliphatic heterocycles. The second kappa shape index (κ2) is 7.21. The average Bonchev–Trinajstić information content (AvgIpc) is 2.57. The number of hydrogen-bond donors (Lipinski definition) is 2. The van der Waals surface area contributed by atoms with Gasteiger partial charge in [-0.3, -0.25) is 4.79 Å². The van der Waals surface area contributed by atoms with Crippen LogP contribution >= 0.6 is 34.5 Å². The Morgan fingerprint density at radius 2 is 2.29 bits per heavy atom. The molecular weight excluding hydrogens is 281 g/mol. The number of nitrogens with one attached hydrogen (secondary N) is 1. The zero-order chi connectivity index (χ0) is 12.8. The van der Waals surface area contributed by atoms with Crippen LogP contribution in [0.5, 0.6) is 0 Å². The highest BCUT2D eigenvalue weighted by Gasteiger charge is 2.16. The summed E-state index contributed by atoms with van der Waals surface area (Å²) in [6.45, 7) is 2.47. The van der Waals surface area contributed by atoms with Crippen molar-refractivity contribution in [1.82, 2.24) is 5.32 Å². The molecule has 0 radical (unpaired) electrons. The SMILES string of the molecule is CCCCC(NCc1cc(Cl)sc1Cl)C(=O)O. The van der Waals surface area contributed by atoms with E-state index >= 15 is 0 Å². The number of unbranched alkanes of at least 4 members (excludes halogenated alkanes) is 1. The first-order valence-corrected chi connectivity index (χ1v) is 7.01. The maximum atomic E-state index is 11.0. The summed E-state index contributed by atoms with van der Waals surface area (Å²) in [6.07, 6.45) is 2.50. The highest BCUT2D eigenvalue weighted by Crippen LogP contribution is 2.31. The summed E-state index contributed by atoms with van der Waals surface area (Å²) in [7, 11) is 0. The van der Waals surface area contributed by atoms with Gasteiger partial charge in [0.15, 0.2) is 0 Å². The third-order valence-corrected chi connectivity index (χ3v) is 3.98. The van der Waals surface area contributed by atoms with E-state index in [4.69, 9.17) is 28.3 Å². The third-order valence-electron chi connectivity index (χ3n) is 2.41. The maximum absolute atomic E-state index is 11.0. The second-order valence-corrected chi connectivity index (χ2v) is 6.05. The summed E-state index contributed by atoms with van der Waals surface area (Å²) in [6, 6.07) is 1.24. The van der Waals surface area contributed by atoms with E-state index in [9.17, 15) is 4.79 Å². The fraction of sp³-hybridized carbons (Fsp3) is 0.545. The van der Waals surface area contributed by atoms with Gasteiger partial charge in [0.2, 0.25) is 0 Å². The average molecular weight is 296 g/mol. The Bertz CT molecular complexity index is 382. The monoisotopic (exact) mass is 295 g/mol. The van der Waals surface area contributed by atoms with Gasteiger partial charge in [0.05, 0.1) is 8.67 Å². The Balaban J connectivity index is 2.51. The molecule has 0 saturated carbocycles. The molecule has 0 amide bonds. The lowest BCUT2D eigenvalue weighted by molar-refractivity contribution is -0.139. The molecule has 1 atom stereocenters. The number of aliphatic carboxylic acids is 1. The highest BCUT2D eigenvalue weighted by atomic mass is 35.5. The van der Waals surface area contributed by atoms with E-state index in [1.165, 1.54) is 11.3 Å². The van der Waals surface area contributed by atoms with Crippen LogP contribution in [0, 0.1) is 0 Å². The van der Waals surface area contributed by atoms with Gasteiger partial charge in [0.1, 0.15) is 6.04 Å². The molecule has 1 aromatic heterocycles. The zero-order valence-electron chi connectivity index (χ0n) is 9.50. The maximum Gasteiger partial charge on any atom is 0.320 e. The van der Waals surface area contributed by atoms with Crippen molar-refractivity contribution in [2.75, 3.05) is 0 Å². The van der Waals surface area contributed by atoms with Gasteiger partial charge in [-0.2, -0.15) is 0 Å². The van der Waals surface area contributed by atoms with Crippen molar-refractivity contribution in [3.05, 3.63) is 20.3 Å². The van der Waals surface area contributed by atoms with Crippen molar-refractivity contribution in [2.24, 2.45) is 0 Å². The molecule has 1 heterocycles. The quantitative estimate of drug-likeness (QED) is 0.805. The summed E-state index contributed by atoms with van der Waals surface area (Å²) >= 11 is 13.1. The molecule has 0 fully saturated rings. The van der Waals surface area contributed by atoms with Gasteiger partial charge in [0.25, 0.3) is 0 Å². The Kier molecular flexibility index (Phi) is 6.27. The van der Waals surface area contributed by atoms with E-state index in [0.717, 1.165) is 18.4 Å². The number of carbonyl (C=O) groups is 1. The van der Waals surface area contributed by atoms with Crippen molar-refractivity contribution in [3.8, 4) is 0 Å². The molecule has 0 spiro atoms. The molecule has 6 heteroatoms. The summed E-state index contributed by atoms with van der Waals surface area (Å²) in [5, 5.41) is 12.0. The minimum Gasteiger partial charge on any atom is -0.480 e. The molecular formula is C11H15Cl2NO2S. The van der Waals surface area contributed by atoms with Crippen molar-refractivity contribution in [2.45, 2.75) is 38.8 Å². The standard InChI is InChI=1S/C11H15Cl2NO2S/c1-2-3-4-8(11(15)16)14-6-7-5-9(12)17-10(7)13/h5,8,14H,2-4,6H2,1H3,(H,15,16). The molecule has 0 bridgehead atoms. The Labute approximate surface area is 115 Å².